The van der Waals surface area contributed by atoms with Crippen LogP contribution in [0.2, 0.25) is 0 Å². The van der Waals surface area contributed by atoms with E-state index in [1.165, 1.54) is 42.0 Å². The van der Waals surface area contributed by atoms with E-state index in [-0.39, 0.29) is 29.9 Å². The quantitative estimate of drug-likeness (QED) is 0.272. The Morgan fingerprint density at radius 1 is 0.771 bits per heavy atom. The second-order valence-electron chi connectivity index (χ2n) is 8.58. The van der Waals surface area contributed by atoms with Gasteiger partial charge in [-0.2, -0.15) is 0 Å². The normalized spacial score (nSPS) is 11.9. The molecule has 0 saturated carbocycles. The largest absolute Gasteiger partial charge is 0.343 e. The second kappa shape index (κ2) is 9.94. The molecule has 0 radical (unpaired) electrons. The fourth-order valence-corrected chi connectivity index (χ4v) is 4.50. The van der Waals surface area contributed by atoms with E-state index >= 15 is 0 Å². The van der Waals surface area contributed by atoms with Crippen LogP contribution in [0.25, 0.3) is 10.9 Å². The summed E-state index contributed by atoms with van der Waals surface area (Å²) in [7, 11) is 0. The molecule has 5 heteroatoms. The van der Waals surface area contributed by atoms with Gasteiger partial charge in [0, 0.05) is 41.7 Å². The third-order valence-electron chi connectivity index (χ3n) is 6.18. The summed E-state index contributed by atoms with van der Waals surface area (Å²) in [6.45, 7) is 0.694. The van der Waals surface area contributed by atoms with Gasteiger partial charge in [0.2, 0.25) is 5.91 Å². The highest BCUT2D eigenvalue weighted by Crippen LogP contribution is 2.35. The molecule has 0 fully saturated rings. The molecule has 0 saturated heterocycles. The molecule has 0 aliphatic heterocycles. The van der Waals surface area contributed by atoms with Crippen molar-refractivity contribution in [3.05, 3.63) is 138 Å². The topological polar surface area (TPSA) is 34.0 Å². The van der Waals surface area contributed by atoms with Crippen LogP contribution in [0.4, 0.5) is 14.5 Å². The maximum Gasteiger partial charge on any atom is 0.225 e. The van der Waals surface area contributed by atoms with Crippen molar-refractivity contribution in [2.24, 2.45) is 0 Å². The van der Waals surface area contributed by atoms with Crippen molar-refractivity contribution in [3.8, 4) is 0 Å². The summed E-state index contributed by atoms with van der Waals surface area (Å²) in [6, 6.07) is 30.3. The molecule has 1 N–H and O–H groups in total. The molecule has 1 unspecified atom stereocenters. The van der Waals surface area contributed by atoms with Crippen LogP contribution in [-0.4, -0.2) is 10.5 Å². The number of halogens is 2. The van der Waals surface area contributed by atoms with E-state index in [1.807, 2.05) is 30.3 Å². The van der Waals surface area contributed by atoms with Crippen LogP contribution >= 0.6 is 0 Å². The maximum atomic E-state index is 13.7. The zero-order valence-corrected chi connectivity index (χ0v) is 19.0. The minimum Gasteiger partial charge on any atom is -0.343 e. The smallest absolute Gasteiger partial charge is 0.225 e. The van der Waals surface area contributed by atoms with Gasteiger partial charge in [0.15, 0.2) is 0 Å². The summed E-state index contributed by atoms with van der Waals surface area (Å²) in [5.41, 5.74) is 4.62. The summed E-state index contributed by atoms with van der Waals surface area (Å²) in [5.74, 6) is -1.18. The Hall–Kier alpha value is -4.25. The summed E-state index contributed by atoms with van der Waals surface area (Å²) in [4.78, 5) is 13.1. The zero-order valence-electron chi connectivity index (χ0n) is 19.0. The van der Waals surface area contributed by atoms with Gasteiger partial charge in [0.1, 0.15) is 11.6 Å². The number of anilines is 1. The number of fused-ring (bicyclic) bond motifs is 1. The van der Waals surface area contributed by atoms with Gasteiger partial charge in [-0.3, -0.25) is 4.79 Å². The first kappa shape index (κ1) is 22.5. The van der Waals surface area contributed by atoms with Crippen molar-refractivity contribution >= 4 is 22.5 Å². The first-order valence-corrected chi connectivity index (χ1v) is 11.5. The molecule has 1 amide bonds. The first-order chi connectivity index (χ1) is 17.1. The molecule has 0 bridgehead atoms. The Bertz CT molecular complexity index is 1440. The van der Waals surface area contributed by atoms with E-state index in [2.05, 4.69) is 40.3 Å². The van der Waals surface area contributed by atoms with Gasteiger partial charge in [0.25, 0.3) is 0 Å². The van der Waals surface area contributed by atoms with Gasteiger partial charge in [0.05, 0.1) is 0 Å². The number of rotatable bonds is 7. The number of hydrogen-bond donors (Lipinski definition) is 1. The molecule has 1 atom stereocenters. The van der Waals surface area contributed by atoms with Gasteiger partial charge in [-0.15, -0.1) is 0 Å². The average Bonchev–Trinajstić information content (AvgIpc) is 3.23. The number of carbonyl (C=O) groups excluding carboxylic acids is 1. The molecular formula is C30H24F2N2O. The lowest BCUT2D eigenvalue weighted by Crippen LogP contribution is -2.16. The Kier molecular flexibility index (Phi) is 6.40. The second-order valence-corrected chi connectivity index (χ2v) is 8.58. The molecular weight excluding hydrogens is 442 g/mol. The number of aromatic nitrogens is 1. The molecule has 3 nitrogen and oxygen atoms in total. The van der Waals surface area contributed by atoms with Crippen LogP contribution in [0.1, 0.15) is 29.0 Å². The van der Waals surface area contributed by atoms with Gasteiger partial charge >= 0.3 is 0 Å². The van der Waals surface area contributed by atoms with Crippen LogP contribution in [-0.2, 0) is 11.3 Å². The number of benzene rings is 4. The lowest BCUT2D eigenvalue weighted by molar-refractivity contribution is -0.116. The standard InChI is InChI=1S/C30H24F2N2O/c31-23-12-10-22(11-13-23)27(18-30(35)33-25-16-14-24(32)15-17-25)28-20-34(19-21-6-2-1-3-7-21)29-9-5-4-8-26(28)29/h1-17,20,27H,18-19H2,(H,33,35). The third-order valence-corrected chi connectivity index (χ3v) is 6.18. The van der Waals surface area contributed by atoms with Gasteiger partial charge in [-0.05, 0) is 59.2 Å². The number of para-hydroxylation sites is 1. The highest BCUT2D eigenvalue weighted by Gasteiger charge is 2.23. The number of carbonyl (C=O) groups is 1. The lowest BCUT2D eigenvalue weighted by atomic mass is 9.88. The fourth-order valence-electron chi connectivity index (χ4n) is 4.50. The highest BCUT2D eigenvalue weighted by molar-refractivity contribution is 5.93. The Morgan fingerprint density at radius 2 is 1.40 bits per heavy atom. The number of nitrogens with one attached hydrogen (secondary N) is 1. The minimum atomic E-state index is -0.363. The van der Waals surface area contributed by atoms with Crippen molar-refractivity contribution in [2.75, 3.05) is 5.32 Å². The van der Waals surface area contributed by atoms with Crippen molar-refractivity contribution in [2.45, 2.75) is 18.9 Å². The van der Waals surface area contributed by atoms with Gasteiger partial charge in [-0.25, -0.2) is 8.78 Å². The van der Waals surface area contributed by atoms with Crippen molar-refractivity contribution in [3.63, 3.8) is 0 Å². The molecule has 0 spiro atoms. The lowest BCUT2D eigenvalue weighted by Gasteiger charge is -2.17. The molecule has 5 rings (SSSR count). The molecule has 4 aromatic carbocycles. The summed E-state index contributed by atoms with van der Waals surface area (Å²) >= 11 is 0. The zero-order chi connectivity index (χ0) is 24.2. The van der Waals surface area contributed by atoms with E-state index in [0.29, 0.717) is 12.2 Å². The molecule has 1 aromatic heterocycles. The van der Waals surface area contributed by atoms with Crippen LogP contribution in [0.15, 0.2) is 109 Å². The molecule has 0 aliphatic rings. The van der Waals surface area contributed by atoms with Crippen LogP contribution in [0.5, 0.6) is 0 Å². The van der Waals surface area contributed by atoms with Gasteiger partial charge < -0.3 is 9.88 Å². The molecule has 0 aliphatic carbocycles. The van der Waals surface area contributed by atoms with Gasteiger partial charge in [-0.1, -0.05) is 60.7 Å². The summed E-state index contributed by atoms with van der Waals surface area (Å²) in [6.07, 6.45) is 2.25. The SMILES string of the molecule is O=C(CC(c1ccc(F)cc1)c1cn(Cc2ccccc2)c2ccccc12)Nc1ccc(F)cc1. The predicted molar refractivity (Wildman–Crippen MR) is 135 cm³/mol. The molecule has 1 heterocycles. The maximum absolute atomic E-state index is 13.7. The van der Waals surface area contributed by atoms with E-state index in [1.54, 1.807) is 12.1 Å². The Morgan fingerprint density at radius 3 is 2.11 bits per heavy atom. The fraction of sp³-hybridized carbons (Fsp3) is 0.100. The minimum absolute atomic E-state index is 0.155. The van der Waals surface area contributed by atoms with Crippen LogP contribution in [0, 0.1) is 11.6 Å². The number of hydrogen-bond acceptors (Lipinski definition) is 1. The Labute approximate surface area is 202 Å². The van der Waals surface area contributed by atoms with E-state index in [0.717, 1.165) is 22.0 Å². The third kappa shape index (κ3) is 5.14. The van der Waals surface area contributed by atoms with E-state index < -0.39 is 0 Å². The van der Waals surface area contributed by atoms with Crippen molar-refractivity contribution < 1.29 is 13.6 Å². The molecule has 35 heavy (non-hydrogen) atoms. The first-order valence-electron chi connectivity index (χ1n) is 11.5. The average molecular weight is 467 g/mol. The van der Waals surface area contributed by atoms with E-state index in [9.17, 15) is 13.6 Å². The number of amides is 1. The highest BCUT2D eigenvalue weighted by atomic mass is 19.1. The summed E-state index contributed by atoms with van der Waals surface area (Å²) in [5, 5.41) is 3.91. The van der Waals surface area contributed by atoms with Crippen LogP contribution < -0.4 is 5.32 Å². The predicted octanol–water partition coefficient (Wildman–Crippen LogP) is 7.13. The molecule has 174 valence electrons. The molecule has 5 aromatic rings. The monoisotopic (exact) mass is 466 g/mol. The van der Waals surface area contributed by atoms with E-state index in [4.69, 9.17) is 0 Å². The summed E-state index contributed by atoms with van der Waals surface area (Å²) < 4.78 is 29.2. The van der Waals surface area contributed by atoms with Crippen molar-refractivity contribution in [1.29, 1.82) is 0 Å². The number of nitrogens with zero attached hydrogens (tertiary/aromatic N) is 1. The van der Waals surface area contributed by atoms with Crippen molar-refractivity contribution in [1.82, 2.24) is 4.57 Å². The van der Waals surface area contributed by atoms with Crippen LogP contribution in [0.3, 0.4) is 0 Å². The Balaban J connectivity index is 1.53.